The van der Waals surface area contributed by atoms with Crippen molar-refractivity contribution in [2.75, 3.05) is 6.54 Å². The fraction of sp³-hybridized carbons (Fsp3) is 0.562. The van der Waals surface area contributed by atoms with E-state index < -0.39 is 0 Å². The Morgan fingerprint density at radius 2 is 2.26 bits per heavy atom. The maximum Gasteiger partial charge on any atom is 0.168 e. The first-order valence-electron chi connectivity index (χ1n) is 7.25. The number of hydrogen-bond donors (Lipinski definition) is 1. The van der Waals surface area contributed by atoms with Crippen molar-refractivity contribution < 1.29 is 4.79 Å². The Morgan fingerprint density at radius 1 is 1.42 bits per heavy atom. The molecule has 1 aromatic carbocycles. The van der Waals surface area contributed by atoms with E-state index >= 15 is 0 Å². The molecule has 1 heterocycles. The Morgan fingerprint density at radius 3 is 3.00 bits per heavy atom. The Balaban J connectivity index is 1.82. The van der Waals surface area contributed by atoms with Gasteiger partial charge in [0.2, 0.25) is 0 Å². The average Bonchev–Trinajstić information content (AvgIpc) is 2.78. The molecule has 1 aliphatic heterocycles. The molecule has 3 atom stereocenters. The van der Waals surface area contributed by atoms with Gasteiger partial charge in [-0.15, -0.1) is 0 Å². The van der Waals surface area contributed by atoms with Gasteiger partial charge in [-0.1, -0.05) is 41.4 Å². The van der Waals surface area contributed by atoms with Crippen molar-refractivity contribution in [2.24, 2.45) is 11.8 Å². The quantitative estimate of drug-likeness (QED) is 0.902. The summed E-state index contributed by atoms with van der Waals surface area (Å²) < 4.78 is 1.09. The summed E-state index contributed by atoms with van der Waals surface area (Å²) in [5.74, 6) is 1.26. The van der Waals surface area contributed by atoms with E-state index in [1.165, 1.54) is 18.4 Å². The molecular weight excluding hydrogens is 302 g/mol. The summed E-state index contributed by atoms with van der Waals surface area (Å²) in [7, 11) is 0. The van der Waals surface area contributed by atoms with Crippen molar-refractivity contribution in [2.45, 2.75) is 38.6 Å². The summed E-state index contributed by atoms with van der Waals surface area (Å²) >= 11 is 3.58. The van der Waals surface area contributed by atoms with Gasteiger partial charge in [-0.05, 0) is 43.4 Å². The van der Waals surface area contributed by atoms with Crippen LogP contribution in [-0.4, -0.2) is 18.4 Å². The monoisotopic (exact) mass is 321 g/mol. The molecule has 1 aliphatic carbocycles. The molecule has 2 aliphatic rings. The lowest BCUT2D eigenvalue weighted by Crippen LogP contribution is -2.45. The molecule has 0 aromatic heterocycles. The molecule has 0 spiro atoms. The topological polar surface area (TPSA) is 29.1 Å². The van der Waals surface area contributed by atoms with E-state index in [-0.39, 0.29) is 5.92 Å². The van der Waals surface area contributed by atoms with Gasteiger partial charge >= 0.3 is 0 Å². The number of carbonyl (C=O) groups is 1. The zero-order chi connectivity index (χ0) is 13.4. The second-order valence-electron chi connectivity index (χ2n) is 5.80. The second kappa shape index (κ2) is 5.37. The van der Waals surface area contributed by atoms with Crippen LogP contribution in [0.15, 0.2) is 22.7 Å². The number of nitrogens with one attached hydrogen (secondary N) is 1. The number of rotatable bonds is 2. The van der Waals surface area contributed by atoms with Gasteiger partial charge < -0.3 is 5.32 Å². The highest BCUT2D eigenvalue weighted by Crippen LogP contribution is 2.36. The van der Waals surface area contributed by atoms with E-state index in [1.807, 2.05) is 18.2 Å². The molecule has 0 bridgehead atoms. The number of Topliss-reactive ketones (excluding diaryl/α,β-unsaturated/α-hetero) is 1. The van der Waals surface area contributed by atoms with Crippen LogP contribution in [0.2, 0.25) is 0 Å². The van der Waals surface area contributed by atoms with Crippen LogP contribution in [0.4, 0.5) is 0 Å². The molecule has 3 unspecified atom stereocenters. The number of halogens is 1. The van der Waals surface area contributed by atoms with Crippen LogP contribution in [0.3, 0.4) is 0 Å². The molecular formula is C16H20BrNO. The fourth-order valence-electron chi connectivity index (χ4n) is 3.54. The lowest BCUT2D eigenvalue weighted by atomic mass is 9.82. The molecule has 2 nitrogen and oxygen atoms in total. The van der Waals surface area contributed by atoms with Gasteiger partial charge in [-0.3, -0.25) is 4.79 Å². The lowest BCUT2D eigenvalue weighted by Gasteiger charge is -2.33. The minimum atomic E-state index is 0.142. The molecule has 1 fully saturated rings. The zero-order valence-corrected chi connectivity index (χ0v) is 12.9. The third-order valence-electron chi connectivity index (χ3n) is 4.75. The lowest BCUT2D eigenvalue weighted by molar-refractivity contribution is 0.0884. The van der Waals surface area contributed by atoms with Crippen molar-refractivity contribution in [3.63, 3.8) is 0 Å². The maximum atomic E-state index is 12.6. The number of fused-ring (bicyclic) bond motifs is 1. The Bertz CT molecular complexity index is 500. The van der Waals surface area contributed by atoms with Gasteiger partial charge in [0.25, 0.3) is 0 Å². The average molecular weight is 322 g/mol. The van der Waals surface area contributed by atoms with Gasteiger partial charge in [-0.25, -0.2) is 0 Å². The molecule has 0 amide bonds. The largest absolute Gasteiger partial charge is 0.313 e. The molecule has 1 saturated heterocycles. The fourth-order valence-corrected chi connectivity index (χ4v) is 4.07. The van der Waals surface area contributed by atoms with E-state index in [0.29, 0.717) is 11.8 Å². The standard InChI is InChI=1S/C16H20BrNO/c1-2-10-6-7-18-15(8-10)13-9-12-11(16(13)19)4-3-5-14(12)17/h3-5,10,13,15,18H,2,6-9H2,1H3. The van der Waals surface area contributed by atoms with Crippen molar-refractivity contribution in [3.8, 4) is 0 Å². The maximum absolute atomic E-state index is 12.6. The highest BCUT2D eigenvalue weighted by atomic mass is 79.9. The Kier molecular flexibility index (Phi) is 3.77. The summed E-state index contributed by atoms with van der Waals surface area (Å²) in [6, 6.07) is 6.34. The summed E-state index contributed by atoms with van der Waals surface area (Å²) in [5.41, 5.74) is 2.14. The van der Waals surface area contributed by atoms with Crippen LogP contribution in [0.5, 0.6) is 0 Å². The smallest absolute Gasteiger partial charge is 0.168 e. The normalized spacial score (nSPS) is 30.4. The molecule has 3 heteroatoms. The van der Waals surface area contributed by atoms with Crippen molar-refractivity contribution in [3.05, 3.63) is 33.8 Å². The number of ketones is 1. The summed E-state index contributed by atoms with van der Waals surface area (Å²) in [6.45, 7) is 3.32. The van der Waals surface area contributed by atoms with E-state index in [1.54, 1.807) is 0 Å². The first kappa shape index (κ1) is 13.3. The SMILES string of the molecule is CCC1CCNC(C2Cc3c(Br)cccc3C2=O)C1. The van der Waals surface area contributed by atoms with Crippen LogP contribution in [-0.2, 0) is 6.42 Å². The molecule has 19 heavy (non-hydrogen) atoms. The minimum Gasteiger partial charge on any atom is -0.313 e. The van der Waals surface area contributed by atoms with Crippen LogP contribution >= 0.6 is 15.9 Å². The van der Waals surface area contributed by atoms with Gasteiger partial charge in [0.15, 0.2) is 5.78 Å². The Hall–Kier alpha value is -0.670. The van der Waals surface area contributed by atoms with E-state index in [9.17, 15) is 4.79 Å². The number of carbonyl (C=O) groups excluding carboxylic acids is 1. The van der Waals surface area contributed by atoms with Crippen LogP contribution < -0.4 is 5.32 Å². The number of benzene rings is 1. The highest BCUT2D eigenvalue weighted by Gasteiger charge is 2.38. The predicted molar refractivity (Wildman–Crippen MR) is 80.5 cm³/mol. The zero-order valence-electron chi connectivity index (χ0n) is 11.3. The summed E-state index contributed by atoms with van der Waals surface area (Å²) in [5, 5.41) is 3.57. The minimum absolute atomic E-state index is 0.142. The molecule has 102 valence electrons. The second-order valence-corrected chi connectivity index (χ2v) is 6.65. The molecule has 0 radical (unpaired) electrons. The first-order chi connectivity index (χ1) is 9.20. The highest BCUT2D eigenvalue weighted by molar-refractivity contribution is 9.10. The third kappa shape index (κ3) is 2.38. The van der Waals surface area contributed by atoms with E-state index in [4.69, 9.17) is 0 Å². The van der Waals surface area contributed by atoms with Crippen molar-refractivity contribution in [1.82, 2.24) is 5.32 Å². The van der Waals surface area contributed by atoms with Gasteiger partial charge in [0.05, 0.1) is 0 Å². The molecule has 1 aromatic rings. The van der Waals surface area contributed by atoms with Gasteiger partial charge in [0.1, 0.15) is 0 Å². The van der Waals surface area contributed by atoms with E-state index in [2.05, 4.69) is 28.2 Å². The van der Waals surface area contributed by atoms with Crippen LogP contribution in [0.25, 0.3) is 0 Å². The molecule has 3 rings (SSSR count). The third-order valence-corrected chi connectivity index (χ3v) is 5.50. The van der Waals surface area contributed by atoms with Crippen LogP contribution in [0, 0.1) is 11.8 Å². The molecule has 1 N–H and O–H groups in total. The van der Waals surface area contributed by atoms with Crippen molar-refractivity contribution in [1.29, 1.82) is 0 Å². The molecule has 0 saturated carbocycles. The summed E-state index contributed by atoms with van der Waals surface area (Å²) in [4.78, 5) is 12.6. The van der Waals surface area contributed by atoms with E-state index in [0.717, 1.165) is 35.3 Å². The number of hydrogen-bond acceptors (Lipinski definition) is 2. The first-order valence-corrected chi connectivity index (χ1v) is 8.05. The van der Waals surface area contributed by atoms with Crippen LogP contribution in [0.1, 0.15) is 42.1 Å². The summed E-state index contributed by atoms with van der Waals surface area (Å²) in [6.07, 6.45) is 4.53. The van der Waals surface area contributed by atoms with Gasteiger partial charge in [0, 0.05) is 22.0 Å². The van der Waals surface area contributed by atoms with Gasteiger partial charge in [-0.2, -0.15) is 0 Å². The number of piperidine rings is 1. The van der Waals surface area contributed by atoms with Crippen molar-refractivity contribution >= 4 is 21.7 Å². The predicted octanol–water partition coefficient (Wildman–Crippen LogP) is 3.58. The Labute approximate surface area is 123 Å².